The van der Waals surface area contributed by atoms with Crippen molar-refractivity contribution in [3.63, 3.8) is 0 Å². The second-order valence-corrected chi connectivity index (χ2v) is 4.60. The van der Waals surface area contributed by atoms with E-state index in [9.17, 15) is 4.79 Å². The first-order valence-corrected chi connectivity index (χ1v) is 6.11. The summed E-state index contributed by atoms with van der Waals surface area (Å²) in [5.74, 6) is 0.882. The highest BCUT2D eigenvalue weighted by Crippen LogP contribution is 2.30. The van der Waals surface area contributed by atoms with Gasteiger partial charge in [-0.1, -0.05) is 35.9 Å². The van der Waals surface area contributed by atoms with Gasteiger partial charge in [0.2, 0.25) is 0 Å². The molecule has 0 radical (unpaired) electrons. The molecule has 18 heavy (non-hydrogen) atoms. The molecule has 0 saturated heterocycles. The third-order valence-corrected chi connectivity index (χ3v) is 3.25. The first kappa shape index (κ1) is 11.0. The van der Waals surface area contributed by atoms with Gasteiger partial charge in [-0.2, -0.15) is 0 Å². The van der Waals surface area contributed by atoms with E-state index in [4.69, 9.17) is 4.74 Å². The smallest absolute Gasteiger partial charge is 0.170 e. The van der Waals surface area contributed by atoms with Crippen LogP contribution in [0.3, 0.4) is 0 Å². The van der Waals surface area contributed by atoms with Crippen LogP contribution in [0.2, 0.25) is 0 Å². The van der Waals surface area contributed by atoms with Gasteiger partial charge >= 0.3 is 0 Å². The number of hydrogen-bond donors (Lipinski definition) is 0. The fraction of sp³-hybridized carbons (Fsp3) is 0.188. The van der Waals surface area contributed by atoms with Crippen LogP contribution in [0.15, 0.2) is 42.5 Å². The van der Waals surface area contributed by atoms with Gasteiger partial charge in [0.1, 0.15) is 5.75 Å². The summed E-state index contributed by atoms with van der Waals surface area (Å²) in [7, 11) is 0. The second kappa shape index (κ2) is 4.30. The van der Waals surface area contributed by atoms with Crippen molar-refractivity contribution >= 4 is 5.78 Å². The SMILES string of the molecule is Cc1ccc(-c2ccc3c(c2)C(=O)CCO3)cc1. The fourth-order valence-electron chi connectivity index (χ4n) is 2.19. The Bertz CT molecular complexity index is 597. The van der Waals surface area contributed by atoms with Crippen LogP contribution in [-0.2, 0) is 0 Å². The Labute approximate surface area is 106 Å². The molecule has 0 spiro atoms. The molecule has 2 nitrogen and oxygen atoms in total. The maximum absolute atomic E-state index is 11.8. The molecule has 0 N–H and O–H groups in total. The molecule has 0 bridgehead atoms. The number of ether oxygens (including phenoxy) is 1. The quantitative estimate of drug-likeness (QED) is 0.758. The molecule has 0 aromatic heterocycles. The summed E-state index contributed by atoms with van der Waals surface area (Å²) in [5.41, 5.74) is 4.13. The van der Waals surface area contributed by atoms with Crippen LogP contribution in [0.25, 0.3) is 11.1 Å². The van der Waals surface area contributed by atoms with Gasteiger partial charge in [-0.3, -0.25) is 4.79 Å². The minimum Gasteiger partial charge on any atom is -0.492 e. The number of aryl methyl sites for hydroxylation is 1. The molecule has 2 heteroatoms. The lowest BCUT2D eigenvalue weighted by Gasteiger charge is -2.17. The van der Waals surface area contributed by atoms with E-state index in [0.29, 0.717) is 24.3 Å². The summed E-state index contributed by atoms with van der Waals surface area (Å²) in [6.45, 7) is 2.56. The molecule has 0 unspecified atom stereocenters. The summed E-state index contributed by atoms with van der Waals surface area (Å²) in [5, 5.41) is 0. The molecular formula is C16H14O2. The number of hydrogen-bond acceptors (Lipinski definition) is 2. The zero-order chi connectivity index (χ0) is 12.5. The van der Waals surface area contributed by atoms with Crippen molar-refractivity contribution in [2.75, 3.05) is 6.61 Å². The number of fused-ring (bicyclic) bond motifs is 1. The summed E-state index contributed by atoms with van der Waals surface area (Å²) in [6, 6.07) is 14.1. The average Bonchev–Trinajstić information content (AvgIpc) is 2.40. The van der Waals surface area contributed by atoms with E-state index in [1.54, 1.807) is 0 Å². The molecule has 0 amide bonds. The number of rotatable bonds is 1. The van der Waals surface area contributed by atoms with Gasteiger partial charge in [-0.25, -0.2) is 0 Å². The molecule has 0 aliphatic carbocycles. The lowest BCUT2D eigenvalue weighted by Crippen LogP contribution is -2.15. The normalized spacial score (nSPS) is 13.9. The largest absolute Gasteiger partial charge is 0.492 e. The number of ketones is 1. The van der Waals surface area contributed by atoms with Crippen LogP contribution < -0.4 is 4.74 Å². The Hall–Kier alpha value is -2.09. The summed E-state index contributed by atoms with van der Waals surface area (Å²) < 4.78 is 5.48. The minimum absolute atomic E-state index is 0.171. The molecule has 0 fully saturated rings. The maximum Gasteiger partial charge on any atom is 0.170 e. The highest BCUT2D eigenvalue weighted by molar-refractivity contribution is 6.00. The maximum atomic E-state index is 11.8. The Morgan fingerprint density at radius 1 is 1.00 bits per heavy atom. The van der Waals surface area contributed by atoms with Crippen LogP contribution in [0.4, 0.5) is 0 Å². The fourth-order valence-corrected chi connectivity index (χ4v) is 2.19. The van der Waals surface area contributed by atoms with Gasteiger partial charge in [-0.15, -0.1) is 0 Å². The standard InChI is InChI=1S/C16H14O2/c1-11-2-4-12(5-3-11)13-6-7-16-14(10-13)15(17)8-9-18-16/h2-7,10H,8-9H2,1H3. The lowest BCUT2D eigenvalue weighted by atomic mass is 9.98. The summed E-state index contributed by atoms with van der Waals surface area (Å²) in [4.78, 5) is 11.8. The molecule has 1 aliphatic rings. The molecule has 3 rings (SSSR count). The highest BCUT2D eigenvalue weighted by atomic mass is 16.5. The average molecular weight is 238 g/mol. The predicted octanol–water partition coefficient (Wildman–Crippen LogP) is 3.63. The van der Waals surface area contributed by atoms with E-state index in [1.165, 1.54) is 5.56 Å². The Morgan fingerprint density at radius 2 is 1.72 bits per heavy atom. The van der Waals surface area contributed by atoms with E-state index in [0.717, 1.165) is 11.1 Å². The van der Waals surface area contributed by atoms with E-state index < -0.39 is 0 Å². The van der Waals surface area contributed by atoms with Crippen molar-refractivity contribution in [2.45, 2.75) is 13.3 Å². The van der Waals surface area contributed by atoms with Gasteiger partial charge in [0, 0.05) is 6.42 Å². The molecule has 1 heterocycles. The zero-order valence-corrected chi connectivity index (χ0v) is 10.3. The van der Waals surface area contributed by atoms with Gasteiger partial charge < -0.3 is 4.74 Å². The molecule has 2 aromatic carbocycles. The van der Waals surface area contributed by atoms with Crippen LogP contribution in [0, 0.1) is 6.92 Å². The van der Waals surface area contributed by atoms with Crippen LogP contribution in [0.5, 0.6) is 5.75 Å². The number of carbonyl (C=O) groups is 1. The number of benzene rings is 2. The van der Waals surface area contributed by atoms with Crippen LogP contribution >= 0.6 is 0 Å². The Morgan fingerprint density at radius 3 is 2.50 bits per heavy atom. The molecule has 2 aromatic rings. The van der Waals surface area contributed by atoms with Gasteiger partial charge in [0.15, 0.2) is 5.78 Å². The van der Waals surface area contributed by atoms with E-state index in [1.807, 2.05) is 18.2 Å². The van der Waals surface area contributed by atoms with Crippen molar-refractivity contribution in [1.82, 2.24) is 0 Å². The lowest BCUT2D eigenvalue weighted by molar-refractivity contribution is 0.0933. The van der Waals surface area contributed by atoms with Crippen LogP contribution in [0.1, 0.15) is 22.3 Å². The van der Waals surface area contributed by atoms with Crippen molar-refractivity contribution in [1.29, 1.82) is 0 Å². The predicted molar refractivity (Wildman–Crippen MR) is 71.1 cm³/mol. The van der Waals surface area contributed by atoms with Gasteiger partial charge in [-0.05, 0) is 30.2 Å². The highest BCUT2D eigenvalue weighted by Gasteiger charge is 2.18. The molecule has 1 aliphatic heterocycles. The van der Waals surface area contributed by atoms with E-state index in [2.05, 4.69) is 31.2 Å². The number of carbonyl (C=O) groups excluding carboxylic acids is 1. The van der Waals surface area contributed by atoms with Crippen molar-refractivity contribution in [3.05, 3.63) is 53.6 Å². The first-order valence-electron chi connectivity index (χ1n) is 6.11. The second-order valence-electron chi connectivity index (χ2n) is 4.60. The topological polar surface area (TPSA) is 26.3 Å². The molecular weight excluding hydrogens is 224 g/mol. The van der Waals surface area contributed by atoms with Crippen LogP contribution in [-0.4, -0.2) is 12.4 Å². The molecule has 90 valence electrons. The Kier molecular flexibility index (Phi) is 2.63. The monoisotopic (exact) mass is 238 g/mol. The van der Waals surface area contributed by atoms with Gasteiger partial charge in [0.25, 0.3) is 0 Å². The Balaban J connectivity index is 2.06. The van der Waals surface area contributed by atoms with E-state index >= 15 is 0 Å². The van der Waals surface area contributed by atoms with E-state index in [-0.39, 0.29) is 5.78 Å². The zero-order valence-electron chi connectivity index (χ0n) is 10.3. The molecule has 0 saturated carbocycles. The van der Waals surface area contributed by atoms with Gasteiger partial charge in [0.05, 0.1) is 12.2 Å². The minimum atomic E-state index is 0.171. The van der Waals surface area contributed by atoms with Crippen molar-refractivity contribution in [2.24, 2.45) is 0 Å². The summed E-state index contributed by atoms with van der Waals surface area (Å²) >= 11 is 0. The third-order valence-electron chi connectivity index (χ3n) is 3.25. The van der Waals surface area contributed by atoms with Crippen molar-refractivity contribution in [3.8, 4) is 16.9 Å². The summed E-state index contributed by atoms with van der Waals surface area (Å²) in [6.07, 6.45) is 0.477. The number of Topliss-reactive ketones (excluding diaryl/α,β-unsaturated/α-hetero) is 1. The molecule has 0 atom stereocenters. The third kappa shape index (κ3) is 1.90. The first-order chi connectivity index (χ1) is 8.74. The van der Waals surface area contributed by atoms with Crippen molar-refractivity contribution < 1.29 is 9.53 Å².